The van der Waals surface area contributed by atoms with Gasteiger partial charge < -0.3 is 15.1 Å². The van der Waals surface area contributed by atoms with Gasteiger partial charge in [0, 0.05) is 37.7 Å². The predicted octanol–water partition coefficient (Wildman–Crippen LogP) is 3.23. The third-order valence-corrected chi connectivity index (χ3v) is 3.78. The maximum atomic E-state index is 3.94. The number of anilines is 2. The van der Waals surface area contributed by atoms with E-state index in [0.717, 1.165) is 18.7 Å². The van der Waals surface area contributed by atoms with Gasteiger partial charge in [-0.1, -0.05) is 19.2 Å². The molecule has 1 aromatic rings. The smallest absolute Gasteiger partial charge is 0.0958 e. The monoisotopic (exact) mass is 271 g/mol. The summed E-state index contributed by atoms with van der Waals surface area (Å²) in [5, 5.41) is 3.40. The molecule has 0 spiro atoms. The molecule has 1 N–H and O–H groups in total. The second-order valence-corrected chi connectivity index (χ2v) is 5.68. The Bertz CT molecular complexity index is 531. The number of nitrogens with zero attached hydrogens (tertiary/aromatic N) is 2. The van der Waals surface area contributed by atoms with Crippen molar-refractivity contribution in [3.05, 3.63) is 42.1 Å². The molecule has 1 aromatic carbocycles. The van der Waals surface area contributed by atoms with Gasteiger partial charge in [-0.25, -0.2) is 0 Å². The first-order valence-corrected chi connectivity index (χ1v) is 7.09. The summed E-state index contributed by atoms with van der Waals surface area (Å²) in [7, 11) is 4.15. The second kappa shape index (κ2) is 5.61. The molecule has 108 valence electrons. The zero-order chi connectivity index (χ0) is 14.9. The van der Waals surface area contributed by atoms with Crippen LogP contribution in [0.2, 0.25) is 0 Å². The lowest BCUT2D eigenvalue weighted by molar-refractivity contribution is 0.582. The molecule has 0 aromatic heterocycles. The summed E-state index contributed by atoms with van der Waals surface area (Å²) >= 11 is 0. The minimum absolute atomic E-state index is 0.261. The fraction of sp³-hybridized carbons (Fsp3) is 0.412. The van der Waals surface area contributed by atoms with Crippen molar-refractivity contribution in [2.75, 3.05) is 30.4 Å². The van der Waals surface area contributed by atoms with E-state index in [4.69, 9.17) is 0 Å². The number of hydrogen-bond acceptors (Lipinski definition) is 3. The molecule has 3 nitrogen and oxygen atoms in total. The fourth-order valence-electron chi connectivity index (χ4n) is 2.85. The number of hydrogen-bond donors (Lipinski definition) is 1. The molecule has 3 heteroatoms. The quantitative estimate of drug-likeness (QED) is 0.887. The first kappa shape index (κ1) is 14.5. The van der Waals surface area contributed by atoms with E-state index in [9.17, 15) is 0 Å². The van der Waals surface area contributed by atoms with E-state index in [1.54, 1.807) is 0 Å². The Morgan fingerprint density at radius 1 is 1.45 bits per heavy atom. The van der Waals surface area contributed by atoms with Gasteiger partial charge in [0.2, 0.25) is 0 Å². The number of benzene rings is 1. The Kier molecular flexibility index (Phi) is 4.07. The van der Waals surface area contributed by atoms with Gasteiger partial charge in [0.15, 0.2) is 0 Å². The van der Waals surface area contributed by atoms with Crippen LogP contribution in [-0.2, 0) is 6.42 Å². The molecule has 0 amide bonds. The lowest BCUT2D eigenvalue weighted by Crippen LogP contribution is -2.41. The first-order chi connectivity index (χ1) is 9.43. The van der Waals surface area contributed by atoms with Gasteiger partial charge in [-0.05, 0) is 43.5 Å². The average Bonchev–Trinajstić information content (AvgIpc) is 2.78. The lowest BCUT2D eigenvalue weighted by Gasteiger charge is -2.29. The number of nitrogens with one attached hydrogen (secondary N) is 1. The summed E-state index contributed by atoms with van der Waals surface area (Å²) in [4.78, 5) is 4.55. The highest BCUT2D eigenvalue weighted by Crippen LogP contribution is 2.35. The fourth-order valence-corrected chi connectivity index (χ4v) is 2.85. The van der Waals surface area contributed by atoms with Crippen molar-refractivity contribution in [3.63, 3.8) is 0 Å². The van der Waals surface area contributed by atoms with E-state index >= 15 is 0 Å². The predicted molar refractivity (Wildman–Crippen MR) is 89.3 cm³/mol. The standard InChI is InChI=1S/C17H25N3/c1-7-14-10-17-15(11-16(14)19(5)6)8-9-20(17)13(4)18-12(2)3/h7,10-11,13,18H,1-2,8-9H2,3-6H3. The Morgan fingerprint density at radius 2 is 2.15 bits per heavy atom. The number of fused-ring (bicyclic) bond motifs is 1. The SMILES string of the molecule is C=Cc1cc2c(cc1N(C)C)CCN2C(C)NC(=C)C. The second-order valence-electron chi connectivity index (χ2n) is 5.68. The maximum Gasteiger partial charge on any atom is 0.0958 e. The molecule has 0 fully saturated rings. The zero-order valence-electron chi connectivity index (χ0n) is 13.0. The van der Waals surface area contributed by atoms with Crippen LogP contribution in [0.3, 0.4) is 0 Å². The average molecular weight is 271 g/mol. The van der Waals surface area contributed by atoms with E-state index in [-0.39, 0.29) is 6.17 Å². The zero-order valence-corrected chi connectivity index (χ0v) is 13.0. The Hall–Kier alpha value is -1.90. The van der Waals surface area contributed by atoms with Crippen molar-refractivity contribution in [3.8, 4) is 0 Å². The van der Waals surface area contributed by atoms with E-state index in [1.165, 1.54) is 22.5 Å². The summed E-state index contributed by atoms with van der Waals surface area (Å²) in [6, 6.07) is 4.54. The van der Waals surface area contributed by atoms with Crippen molar-refractivity contribution < 1.29 is 0 Å². The molecule has 1 unspecified atom stereocenters. The Balaban J connectivity index is 2.37. The normalized spacial score (nSPS) is 14.7. The van der Waals surface area contributed by atoms with Gasteiger partial charge in [0.25, 0.3) is 0 Å². The van der Waals surface area contributed by atoms with Crippen LogP contribution in [-0.4, -0.2) is 26.8 Å². The Morgan fingerprint density at radius 3 is 2.70 bits per heavy atom. The number of rotatable bonds is 5. The van der Waals surface area contributed by atoms with Crippen LogP contribution in [0.1, 0.15) is 25.0 Å². The van der Waals surface area contributed by atoms with Crippen molar-refractivity contribution in [1.82, 2.24) is 5.32 Å². The molecular formula is C17H25N3. The highest BCUT2D eigenvalue weighted by atomic mass is 15.3. The van der Waals surface area contributed by atoms with Gasteiger partial charge in [-0.15, -0.1) is 0 Å². The van der Waals surface area contributed by atoms with E-state index < -0.39 is 0 Å². The molecule has 1 aliphatic rings. The number of allylic oxidation sites excluding steroid dienone is 1. The van der Waals surface area contributed by atoms with Gasteiger partial charge in [0.1, 0.15) is 0 Å². The van der Waals surface area contributed by atoms with Gasteiger partial charge in [-0.3, -0.25) is 0 Å². The van der Waals surface area contributed by atoms with Crippen molar-refractivity contribution in [2.45, 2.75) is 26.4 Å². The maximum absolute atomic E-state index is 3.94. The van der Waals surface area contributed by atoms with Crippen LogP contribution in [0.25, 0.3) is 6.08 Å². The molecule has 1 heterocycles. The van der Waals surface area contributed by atoms with Crippen molar-refractivity contribution >= 4 is 17.5 Å². The van der Waals surface area contributed by atoms with Crippen LogP contribution in [0.5, 0.6) is 0 Å². The van der Waals surface area contributed by atoms with Crippen LogP contribution in [0.4, 0.5) is 11.4 Å². The van der Waals surface area contributed by atoms with Crippen LogP contribution in [0, 0.1) is 0 Å². The van der Waals surface area contributed by atoms with E-state index in [1.807, 2.05) is 13.0 Å². The molecule has 0 aliphatic carbocycles. The minimum atomic E-state index is 0.261. The molecule has 0 bridgehead atoms. The molecule has 0 saturated carbocycles. The highest BCUT2D eigenvalue weighted by molar-refractivity contribution is 5.75. The first-order valence-electron chi connectivity index (χ1n) is 7.09. The molecule has 0 saturated heterocycles. The third kappa shape index (κ3) is 2.67. The molecular weight excluding hydrogens is 246 g/mol. The summed E-state index contributed by atoms with van der Waals surface area (Å²) in [5.41, 5.74) is 6.14. The largest absolute Gasteiger partial charge is 0.377 e. The molecule has 1 aliphatic heterocycles. The molecule has 2 rings (SSSR count). The third-order valence-electron chi connectivity index (χ3n) is 3.78. The van der Waals surface area contributed by atoms with Crippen LogP contribution < -0.4 is 15.1 Å². The lowest BCUT2D eigenvalue weighted by atomic mass is 10.1. The summed E-state index contributed by atoms with van der Waals surface area (Å²) in [5.74, 6) is 0. The summed E-state index contributed by atoms with van der Waals surface area (Å²) in [6.45, 7) is 13.1. The molecule has 20 heavy (non-hydrogen) atoms. The van der Waals surface area contributed by atoms with Gasteiger partial charge >= 0.3 is 0 Å². The van der Waals surface area contributed by atoms with E-state index in [2.05, 4.69) is 61.4 Å². The molecule has 0 radical (unpaired) electrons. The van der Waals surface area contributed by atoms with Crippen LogP contribution >= 0.6 is 0 Å². The Labute approximate surface area is 122 Å². The summed E-state index contributed by atoms with van der Waals surface area (Å²) < 4.78 is 0. The molecule has 1 atom stereocenters. The van der Waals surface area contributed by atoms with Gasteiger partial charge in [-0.2, -0.15) is 0 Å². The minimum Gasteiger partial charge on any atom is -0.377 e. The van der Waals surface area contributed by atoms with Crippen LogP contribution in [0.15, 0.2) is 31.0 Å². The highest BCUT2D eigenvalue weighted by Gasteiger charge is 2.24. The topological polar surface area (TPSA) is 18.5 Å². The van der Waals surface area contributed by atoms with Crippen molar-refractivity contribution in [2.24, 2.45) is 0 Å². The van der Waals surface area contributed by atoms with Gasteiger partial charge in [0.05, 0.1) is 6.17 Å². The van der Waals surface area contributed by atoms with Crippen molar-refractivity contribution in [1.29, 1.82) is 0 Å². The van der Waals surface area contributed by atoms with E-state index in [0.29, 0.717) is 0 Å². The summed E-state index contributed by atoms with van der Waals surface area (Å²) in [6.07, 6.45) is 3.29.